The normalized spacial score (nSPS) is 10.6. The summed E-state index contributed by atoms with van der Waals surface area (Å²) in [5.74, 6) is -1.35. The van der Waals surface area contributed by atoms with E-state index in [0.717, 1.165) is 0 Å². The molecule has 0 aliphatic rings. The van der Waals surface area contributed by atoms with E-state index in [0.29, 0.717) is 34.4 Å². The Labute approximate surface area is 156 Å². The number of carbonyl (C=O) groups is 2. The number of nitrogens with zero attached hydrogens (tertiary/aromatic N) is 2. The maximum Gasteiger partial charge on any atom is 0.339 e. The molecule has 3 aromatic rings. The Hall–Kier alpha value is -3.28. The van der Waals surface area contributed by atoms with Gasteiger partial charge in [0.15, 0.2) is 6.61 Å². The van der Waals surface area contributed by atoms with Crippen LogP contribution in [0.3, 0.4) is 0 Å². The number of carbonyl (C=O) groups excluding carboxylic acids is 2. The van der Waals surface area contributed by atoms with E-state index in [4.69, 9.17) is 4.74 Å². The summed E-state index contributed by atoms with van der Waals surface area (Å²) in [5, 5.41) is 0.673. The van der Waals surface area contributed by atoms with Crippen LogP contribution in [0, 0.1) is 12.7 Å². The summed E-state index contributed by atoms with van der Waals surface area (Å²) in [6.45, 7) is 3.56. The van der Waals surface area contributed by atoms with E-state index in [1.165, 1.54) is 29.2 Å². The van der Waals surface area contributed by atoms with Gasteiger partial charge in [-0.3, -0.25) is 9.78 Å². The van der Waals surface area contributed by atoms with Crippen molar-refractivity contribution in [2.45, 2.75) is 13.8 Å². The van der Waals surface area contributed by atoms with Gasteiger partial charge in [-0.15, -0.1) is 0 Å². The van der Waals surface area contributed by atoms with Crippen LogP contribution in [0.1, 0.15) is 23.0 Å². The molecule has 1 amide bonds. The molecule has 5 nitrogen and oxygen atoms in total. The molecule has 1 heterocycles. The van der Waals surface area contributed by atoms with Crippen molar-refractivity contribution in [3.63, 3.8) is 0 Å². The van der Waals surface area contributed by atoms with Crippen LogP contribution in [0.2, 0.25) is 0 Å². The summed E-state index contributed by atoms with van der Waals surface area (Å²) in [4.78, 5) is 30.8. The molecule has 0 spiro atoms. The van der Waals surface area contributed by atoms with Gasteiger partial charge >= 0.3 is 5.97 Å². The average molecular weight is 366 g/mol. The highest BCUT2D eigenvalue weighted by atomic mass is 19.1. The smallest absolute Gasteiger partial charge is 0.339 e. The van der Waals surface area contributed by atoms with Crippen molar-refractivity contribution in [2.24, 2.45) is 0 Å². The predicted molar refractivity (Wildman–Crippen MR) is 101 cm³/mol. The number of ether oxygens (including phenoxy) is 1. The highest BCUT2D eigenvalue weighted by Gasteiger charge is 2.18. The number of pyridine rings is 1. The van der Waals surface area contributed by atoms with E-state index in [1.54, 1.807) is 26.0 Å². The summed E-state index contributed by atoms with van der Waals surface area (Å²) in [7, 11) is 0. The van der Waals surface area contributed by atoms with E-state index < -0.39 is 12.6 Å². The first kappa shape index (κ1) is 18.5. The second-order valence-electron chi connectivity index (χ2n) is 6.02. The number of aryl methyl sites for hydroxylation is 1. The Morgan fingerprint density at radius 3 is 2.52 bits per heavy atom. The van der Waals surface area contributed by atoms with Gasteiger partial charge in [-0.05, 0) is 50.2 Å². The van der Waals surface area contributed by atoms with Crippen LogP contribution in [0.25, 0.3) is 10.9 Å². The van der Waals surface area contributed by atoms with E-state index in [9.17, 15) is 14.0 Å². The van der Waals surface area contributed by atoms with E-state index >= 15 is 0 Å². The fourth-order valence-corrected chi connectivity index (χ4v) is 2.88. The van der Waals surface area contributed by atoms with Crippen molar-refractivity contribution in [1.29, 1.82) is 0 Å². The molecule has 0 saturated heterocycles. The molecule has 0 radical (unpaired) electrons. The molecule has 0 atom stereocenters. The zero-order valence-electron chi connectivity index (χ0n) is 15.1. The zero-order chi connectivity index (χ0) is 19.4. The quantitative estimate of drug-likeness (QED) is 0.643. The lowest BCUT2D eigenvalue weighted by atomic mass is 10.1. The third kappa shape index (κ3) is 4.11. The standard InChI is InChI=1S/C21H19FN2O3/c1-3-24(16-10-8-15(22)9-11-16)20(25)13-27-21(26)18-12-14(2)23-19-7-5-4-6-17(18)19/h4-12H,3,13H2,1-2H3. The Balaban J connectivity index is 1.75. The number of esters is 1. The lowest BCUT2D eigenvalue weighted by molar-refractivity contribution is -0.121. The summed E-state index contributed by atoms with van der Waals surface area (Å²) >= 11 is 0. The largest absolute Gasteiger partial charge is 0.452 e. The van der Waals surface area contributed by atoms with E-state index in [2.05, 4.69) is 4.98 Å². The fourth-order valence-electron chi connectivity index (χ4n) is 2.88. The van der Waals surface area contributed by atoms with Crippen LogP contribution < -0.4 is 4.90 Å². The topological polar surface area (TPSA) is 59.5 Å². The summed E-state index contributed by atoms with van der Waals surface area (Å²) in [5.41, 5.74) is 2.30. The minimum atomic E-state index is -0.583. The number of hydrogen-bond donors (Lipinski definition) is 0. The highest BCUT2D eigenvalue weighted by Crippen LogP contribution is 2.19. The molecule has 0 bridgehead atoms. The maximum absolute atomic E-state index is 13.1. The second-order valence-corrected chi connectivity index (χ2v) is 6.02. The van der Waals surface area contributed by atoms with Crippen molar-refractivity contribution < 1.29 is 18.7 Å². The van der Waals surface area contributed by atoms with Gasteiger partial charge in [0.2, 0.25) is 0 Å². The van der Waals surface area contributed by atoms with Crippen molar-refractivity contribution in [2.75, 3.05) is 18.1 Å². The Kier molecular flexibility index (Phi) is 5.45. The van der Waals surface area contributed by atoms with Crippen molar-refractivity contribution >= 4 is 28.5 Å². The zero-order valence-corrected chi connectivity index (χ0v) is 15.1. The molecule has 27 heavy (non-hydrogen) atoms. The molecule has 2 aromatic carbocycles. The summed E-state index contributed by atoms with van der Waals surface area (Å²) in [6.07, 6.45) is 0. The van der Waals surface area contributed by atoms with Gasteiger partial charge in [-0.25, -0.2) is 9.18 Å². The second kappa shape index (κ2) is 7.95. The molecule has 0 unspecified atom stereocenters. The van der Waals surface area contributed by atoms with Gasteiger partial charge in [0.25, 0.3) is 5.91 Å². The number of amides is 1. The summed E-state index contributed by atoms with van der Waals surface area (Å²) in [6, 6.07) is 14.5. The number of hydrogen-bond acceptors (Lipinski definition) is 4. The van der Waals surface area contributed by atoms with Crippen LogP contribution in [-0.2, 0) is 9.53 Å². The lowest BCUT2D eigenvalue weighted by Gasteiger charge is -2.21. The molecule has 138 valence electrons. The molecule has 0 aliphatic carbocycles. The van der Waals surface area contributed by atoms with Crippen molar-refractivity contribution in [1.82, 2.24) is 4.98 Å². The Morgan fingerprint density at radius 2 is 1.81 bits per heavy atom. The van der Waals surface area contributed by atoms with Crippen LogP contribution >= 0.6 is 0 Å². The first-order valence-electron chi connectivity index (χ1n) is 8.59. The van der Waals surface area contributed by atoms with Crippen molar-refractivity contribution in [3.8, 4) is 0 Å². The Morgan fingerprint density at radius 1 is 1.11 bits per heavy atom. The number of halogens is 1. The molecule has 0 saturated carbocycles. The Bertz CT molecular complexity index is 986. The third-order valence-electron chi connectivity index (χ3n) is 4.15. The van der Waals surface area contributed by atoms with Gasteiger partial charge in [-0.1, -0.05) is 18.2 Å². The molecular weight excluding hydrogens is 347 g/mol. The van der Waals surface area contributed by atoms with Crippen molar-refractivity contribution in [3.05, 3.63) is 71.7 Å². The van der Waals surface area contributed by atoms with Gasteiger partial charge in [-0.2, -0.15) is 0 Å². The molecule has 1 aromatic heterocycles. The van der Waals surface area contributed by atoms with Gasteiger partial charge < -0.3 is 9.64 Å². The molecule has 3 rings (SSSR count). The number of fused-ring (bicyclic) bond motifs is 1. The van der Waals surface area contributed by atoms with Crippen LogP contribution in [0.4, 0.5) is 10.1 Å². The number of aromatic nitrogens is 1. The van der Waals surface area contributed by atoms with Gasteiger partial charge in [0, 0.05) is 23.3 Å². The highest BCUT2D eigenvalue weighted by molar-refractivity contribution is 6.04. The maximum atomic E-state index is 13.1. The molecule has 6 heteroatoms. The van der Waals surface area contributed by atoms with Crippen LogP contribution in [0.15, 0.2) is 54.6 Å². The third-order valence-corrected chi connectivity index (χ3v) is 4.15. The van der Waals surface area contributed by atoms with E-state index in [-0.39, 0.29) is 11.7 Å². The van der Waals surface area contributed by atoms with Gasteiger partial charge in [0.1, 0.15) is 5.82 Å². The lowest BCUT2D eigenvalue weighted by Crippen LogP contribution is -2.34. The summed E-state index contributed by atoms with van der Waals surface area (Å²) < 4.78 is 18.3. The molecule has 0 fully saturated rings. The SMILES string of the molecule is CCN(C(=O)COC(=O)c1cc(C)nc2ccccc12)c1ccc(F)cc1. The number of anilines is 1. The number of likely N-dealkylation sites (N-methyl/N-ethyl adjacent to an activating group) is 1. The number of benzene rings is 2. The molecular formula is C21H19FN2O3. The van der Waals surface area contributed by atoms with Crippen LogP contribution in [0.5, 0.6) is 0 Å². The van der Waals surface area contributed by atoms with Gasteiger partial charge in [0.05, 0.1) is 11.1 Å². The minimum absolute atomic E-state index is 0.371. The molecule has 0 aliphatic heterocycles. The average Bonchev–Trinajstić information content (AvgIpc) is 2.67. The first-order valence-corrected chi connectivity index (χ1v) is 8.59. The minimum Gasteiger partial charge on any atom is -0.452 e. The molecule has 0 N–H and O–H groups in total. The monoisotopic (exact) mass is 366 g/mol. The first-order chi connectivity index (χ1) is 13.0. The predicted octanol–water partition coefficient (Wildman–Crippen LogP) is 3.89. The van der Waals surface area contributed by atoms with Crippen LogP contribution in [-0.4, -0.2) is 30.0 Å². The number of rotatable bonds is 5. The fraction of sp³-hybridized carbons (Fsp3) is 0.190. The number of para-hydroxylation sites is 1. The van der Waals surface area contributed by atoms with E-state index in [1.807, 2.05) is 18.2 Å².